The van der Waals surface area contributed by atoms with Gasteiger partial charge < -0.3 is 19.9 Å². The molecule has 188 valence electrons. The molecule has 4 heterocycles. The number of piperidine rings is 2. The van der Waals surface area contributed by atoms with Crippen LogP contribution in [0, 0.1) is 13.8 Å². The van der Waals surface area contributed by atoms with Crippen molar-refractivity contribution in [1.82, 2.24) is 24.8 Å². The number of amides is 2. The van der Waals surface area contributed by atoms with Crippen LogP contribution >= 0.6 is 11.3 Å². The summed E-state index contributed by atoms with van der Waals surface area (Å²) in [7, 11) is 0. The number of anilines is 2. The molecule has 0 aliphatic carbocycles. The number of nitrogens with zero attached hydrogens (tertiary/aromatic N) is 5. The van der Waals surface area contributed by atoms with Gasteiger partial charge in [0.25, 0.3) is 5.91 Å². The van der Waals surface area contributed by atoms with Gasteiger partial charge in [0.05, 0.1) is 0 Å². The van der Waals surface area contributed by atoms with E-state index in [1.807, 2.05) is 31.0 Å². The second kappa shape index (κ2) is 11.1. The predicted molar refractivity (Wildman–Crippen MR) is 131 cm³/mol. The molecule has 2 saturated heterocycles. The average Bonchev–Trinajstić information content (AvgIpc) is 3.26. The molecule has 1 atom stereocenters. The lowest BCUT2D eigenvalue weighted by molar-refractivity contribution is -0.155. The van der Waals surface area contributed by atoms with Gasteiger partial charge in [-0.05, 0) is 46.0 Å². The second-order valence-electron chi connectivity index (χ2n) is 9.13. The van der Waals surface area contributed by atoms with Crippen LogP contribution in [0.4, 0.5) is 10.9 Å². The van der Waals surface area contributed by atoms with E-state index in [4.69, 9.17) is 9.72 Å². The molecule has 0 aromatic carbocycles. The van der Waals surface area contributed by atoms with Crippen molar-refractivity contribution >= 4 is 40.1 Å². The first kappa shape index (κ1) is 25.0. The lowest BCUT2D eigenvalue weighted by Gasteiger charge is -2.39. The molecule has 2 aliphatic rings. The minimum absolute atomic E-state index is 0.0222. The third-order valence-corrected chi connectivity index (χ3v) is 7.23. The van der Waals surface area contributed by atoms with Gasteiger partial charge >= 0.3 is 5.97 Å². The van der Waals surface area contributed by atoms with Gasteiger partial charge in [0, 0.05) is 55.3 Å². The summed E-state index contributed by atoms with van der Waals surface area (Å²) in [6.45, 7) is 6.62. The van der Waals surface area contributed by atoms with Gasteiger partial charge in [0.2, 0.25) is 5.91 Å². The normalized spacial score (nSPS) is 18.9. The number of esters is 1. The van der Waals surface area contributed by atoms with Gasteiger partial charge in [-0.15, -0.1) is 11.3 Å². The topological polar surface area (TPSA) is 118 Å². The number of likely N-dealkylation sites (tertiary alicyclic amines) is 2. The zero-order valence-electron chi connectivity index (χ0n) is 20.5. The quantitative estimate of drug-likeness (QED) is 0.602. The van der Waals surface area contributed by atoms with E-state index in [2.05, 4.69) is 15.3 Å². The van der Waals surface area contributed by atoms with Crippen LogP contribution in [0.2, 0.25) is 0 Å². The van der Waals surface area contributed by atoms with Crippen LogP contribution < -0.4 is 5.32 Å². The summed E-state index contributed by atoms with van der Waals surface area (Å²) < 4.78 is 4.87. The Morgan fingerprint density at radius 3 is 2.57 bits per heavy atom. The molecule has 0 unspecified atom stereocenters. The summed E-state index contributed by atoms with van der Waals surface area (Å²) in [5, 5.41) is 4.07. The fourth-order valence-electron chi connectivity index (χ4n) is 4.66. The highest BCUT2D eigenvalue weighted by Gasteiger charge is 2.36. The molecule has 11 heteroatoms. The second-order valence-corrected chi connectivity index (χ2v) is 10.4. The van der Waals surface area contributed by atoms with E-state index < -0.39 is 12.0 Å². The van der Waals surface area contributed by atoms with Crippen LogP contribution in [-0.2, 0) is 19.1 Å². The molecule has 2 aromatic heterocycles. The van der Waals surface area contributed by atoms with Gasteiger partial charge in [-0.2, -0.15) is 0 Å². The zero-order valence-corrected chi connectivity index (χ0v) is 21.3. The maximum absolute atomic E-state index is 13.3. The largest absolute Gasteiger partial charge is 0.456 e. The lowest BCUT2D eigenvalue weighted by Crippen LogP contribution is -2.55. The van der Waals surface area contributed by atoms with E-state index in [0.29, 0.717) is 26.1 Å². The maximum Gasteiger partial charge on any atom is 0.303 e. The van der Waals surface area contributed by atoms with Crippen LogP contribution in [0.15, 0.2) is 12.3 Å². The molecular formula is C24H32N6O4S. The zero-order chi connectivity index (χ0) is 24.9. The molecular weight excluding hydrogens is 468 g/mol. The number of hydrogen-bond donors (Lipinski definition) is 1. The lowest BCUT2D eigenvalue weighted by atomic mass is 9.94. The predicted octanol–water partition coefficient (Wildman–Crippen LogP) is 2.94. The number of hydrogen-bond acceptors (Lipinski definition) is 9. The number of ether oxygens (including phenoxy) is 1. The van der Waals surface area contributed by atoms with E-state index in [-0.39, 0.29) is 24.3 Å². The molecule has 4 rings (SSSR count). The van der Waals surface area contributed by atoms with Gasteiger partial charge in [-0.1, -0.05) is 0 Å². The molecule has 0 saturated carbocycles. The molecule has 35 heavy (non-hydrogen) atoms. The summed E-state index contributed by atoms with van der Waals surface area (Å²) in [6.07, 6.45) is 5.73. The Morgan fingerprint density at radius 2 is 1.89 bits per heavy atom. The Hall–Kier alpha value is -3.08. The van der Waals surface area contributed by atoms with Crippen molar-refractivity contribution in [3.8, 4) is 0 Å². The molecule has 10 nitrogen and oxygen atoms in total. The number of nitrogens with one attached hydrogen (secondary N) is 1. The summed E-state index contributed by atoms with van der Waals surface area (Å²) in [6, 6.07) is 1.42. The van der Waals surface area contributed by atoms with Crippen molar-refractivity contribution in [3.05, 3.63) is 28.7 Å². The smallest absolute Gasteiger partial charge is 0.303 e. The van der Waals surface area contributed by atoms with Gasteiger partial charge in [-0.3, -0.25) is 14.4 Å². The van der Waals surface area contributed by atoms with Crippen molar-refractivity contribution in [2.24, 2.45) is 0 Å². The Kier molecular flexibility index (Phi) is 7.94. The van der Waals surface area contributed by atoms with Crippen molar-refractivity contribution in [3.63, 3.8) is 0 Å². The van der Waals surface area contributed by atoms with Crippen LogP contribution in [0.1, 0.15) is 61.3 Å². The molecule has 2 aliphatic heterocycles. The number of thiazole rings is 1. The first-order chi connectivity index (χ1) is 16.8. The maximum atomic E-state index is 13.3. The fraction of sp³-hybridized carbons (Fsp3) is 0.583. The summed E-state index contributed by atoms with van der Waals surface area (Å²) >= 11 is 1.57. The van der Waals surface area contributed by atoms with Gasteiger partial charge in [0.15, 0.2) is 11.7 Å². The number of aryl methyl sites for hydroxylation is 2. The van der Waals surface area contributed by atoms with Crippen LogP contribution in [0.25, 0.3) is 0 Å². The Morgan fingerprint density at radius 1 is 1.11 bits per heavy atom. The highest BCUT2D eigenvalue weighted by atomic mass is 32.1. The monoisotopic (exact) mass is 500 g/mol. The van der Waals surface area contributed by atoms with Crippen LogP contribution in [0.3, 0.4) is 0 Å². The highest BCUT2D eigenvalue weighted by Crippen LogP contribution is 2.29. The molecule has 2 fully saturated rings. The molecule has 2 amide bonds. The van der Waals surface area contributed by atoms with E-state index in [1.165, 1.54) is 6.92 Å². The van der Waals surface area contributed by atoms with Crippen molar-refractivity contribution < 1.29 is 19.1 Å². The summed E-state index contributed by atoms with van der Waals surface area (Å²) in [5.74, 6) is 0.834. The Labute approximate surface area is 209 Å². The summed E-state index contributed by atoms with van der Waals surface area (Å²) in [4.78, 5) is 55.3. The minimum atomic E-state index is -0.501. The first-order valence-electron chi connectivity index (χ1n) is 12.1. The van der Waals surface area contributed by atoms with Crippen molar-refractivity contribution in [2.75, 3.05) is 31.6 Å². The third-order valence-electron chi connectivity index (χ3n) is 6.41. The highest BCUT2D eigenvalue weighted by molar-refractivity contribution is 7.15. The van der Waals surface area contributed by atoms with Crippen molar-refractivity contribution in [1.29, 1.82) is 0 Å². The number of carbonyl (C=O) groups is 3. The summed E-state index contributed by atoms with van der Waals surface area (Å²) in [5.41, 5.74) is 0.883. The first-order valence-corrected chi connectivity index (χ1v) is 12.9. The SMILES string of the molecule is CC(=O)OCC(=O)N1CCCC[C@H]1C(=O)N1CCC(c2nc(C)cc(Nc3ncc(C)s3)n2)CC1. The van der Waals surface area contributed by atoms with E-state index >= 15 is 0 Å². The van der Waals surface area contributed by atoms with Gasteiger partial charge in [0.1, 0.15) is 17.7 Å². The molecule has 0 radical (unpaired) electrons. The minimum Gasteiger partial charge on any atom is -0.456 e. The average molecular weight is 501 g/mol. The van der Waals surface area contributed by atoms with Crippen LogP contribution in [-0.4, -0.2) is 74.8 Å². The standard InChI is InChI=1S/C24H32N6O4S/c1-15-12-20(28-24-25-13-16(2)35-24)27-22(26-15)18-7-10-29(11-8-18)23(33)19-6-4-5-9-30(19)21(32)14-34-17(3)31/h12-13,18-19H,4-11,14H2,1-3H3,(H,25,26,27,28)/t19-/m0/s1. The molecule has 0 spiro atoms. The number of rotatable bonds is 6. The van der Waals surface area contributed by atoms with E-state index in [9.17, 15) is 14.4 Å². The Bertz CT molecular complexity index is 1080. The number of aromatic nitrogens is 3. The molecule has 0 bridgehead atoms. The number of carbonyl (C=O) groups excluding carboxylic acids is 3. The molecule has 1 N–H and O–H groups in total. The fourth-order valence-corrected chi connectivity index (χ4v) is 5.33. The van der Waals surface area contributed by atoms with Gasteiger partial charge in [-0.25, -0.2) is 15.0 Å². The van der Waals surface area contributed by atoms with E-state index in [1.54, 1.807) is 16.2 Å². The van der Waals surface area contributed by atoms with Crippen molar-refractivity contribution in [2.45, 2.75) is 64.8 Å². The van der Waals surface area contributed by atoms with E-state index in [0.717, 1.165) is 53.0 Å². The van der Waals surface area contributed by atoms with Crippen LogP contribution in [0.5, 0.6) is 0 Å². The Balaban J connectivity index is 1.37. The molecule has 2 aromatic rings. The third kappa shape index (κ3) is 6.33.